The van der Waals surface area contributed by atoms with E-state index in [1.165, 1.54) is 17.3 Å². The molecule has 1 aromatic heterocycles. The van der Waals surface area contributed by atoms with Gasteiger partial charge in [-0.15, -0.1) is 0 Å². The van der Waals surface area contributed by atoms with Crippen LogP contribution >= 0.6 is 11.8 Å². The Morgan fingerprint density at radius 2 is 1.72 bits per heavy atom. The second-order valence-electron chi connectivity index (χ2n) is 7.14. The van der Waals surface area contributed by atoms with Crippen molar-refractivity contribution in [3.8, 4) is 5.69 Å². The lowest BCUT2D eigenvalue weighted by Gasteiger charge is -2.11. The molecule has 5 heteroatoms. The number of aromatic nitrogens is 2. The molecule has 0 aliphatic heterocycles. The van der Waals surface area contributed by atoms with E-state index < -0.39 is 0 Å². The molecule has 0 spiro atoms. The molecule has 0 bridgehead atoms. The monoisotopic (exact) mass is 401 g/mol. The maximum absolute atomic E-state index is 12.6. The fourth-order valence-corrected chi connectivity index (χ4v) is 4.08. The summed E-state index contributed by atoms with van der Waals surface area (Å²) in [6.07, 6.45) is 0. The number of aryl methyl sites for hydroxylation is 2. The Morgan fingerprint density at radius 3 is 2.52 bits per heavy atom. The van der Waals surface area contributed by atoms with Gasteiger partial charge in [-0.2, -0.15) is 0 Å². The van der Waals surface area contributed by atoms with Crippen molar-refractivity contribution in [1.82, 2.24) is 9.55 Å². The van der Waals surface area contributed by atoms with Crippen LogP contribution in [0.1, 0.15) is 16.7 Å². The molecule has 29 heavy (non-hydrogen) atoms. The zero-order valence-electron chi connectivity index (χ0n) is 16.8. The van der Waals surface area contributed by atoms with Crippen molar-refractivity contribution >= 4 is 34.4 Å². The number of imidazole rings is 1. The van der Waals surface area contributed by atoms with Crippen molar-refractivity contribution < 1.29 is 4.79 Å². The smallest absolute Gasteiger partial charge is 0.234 e. The number of rotatable bonds is 5. The molecular weight excluding hydrogens is 378 g/mol. The van der Waals surface area contributed by atoms with Gasteiger partial charge in [0.15, 0.2) is 5.16 Å². The van der Waals surface area contributed by atoms with Gasteiger partial charge >= 0.3 is 0 Å². The maximum atomic E-state index is 12.6. The van der Waals surface area contributed by atoms with E-state index in [9.17, 15) is 4.79 Å². The summed E-state index contributed by atoms with van der Waals surface area (Å²) in [5.74, 6) is 0.258. The number of nitrogens with one attached hydrogen (secondary N) is 1. The topological polar surface area (TPSA) is 46.9 Å². The zero-order chi connectivity index (χ0) is 20.4. The Labute approximate surface area is 175 Å². The Hall–Kier alpha value is -3.05. The van der Waals surface area contributed by atoms with Crippen LogP contribution in [0.2, 0.25) is 0 Å². The second-order valence-corrected chi connectivity index (χ2v) is 8.08. The van der Waals surface area contributed by atoms with Crippen LogP contribution in [0.4, 0.5) is 5.69 Å². The molecule has 0 atom stereocenters. The van der Waals surface area contributed by atoms with Crippen LogP contribution in [0.25, 0.3) is 16.7 Å². The number of thioether (sulfide) groups is 1. The lowest BCUT2D eigenvalue weighted by Crippen LogP contribution is -2.15. The Balaban J connectivity index is 1.59. The number of hydrogen-bond donors (Lipinski definition) is 1. The Kier molecular flexibility index (Phi) is 5.41. The molecule has 3 aromatic carbocycles. The molecule has 0 aliphatic rings. The van der Waals surface area contributed by atoms with E-state index in [1.54, 1.807) is 0 Å². The van der Waals surface area contributed by atoms with E-state index in [0.29, 0.717) is 5.75 Å². The molecule has 0 unspecified atom stereocenters. The lowest BCUT2D eigenvalue weighted by atomic mass is 10.1. The maximum Gasteiger partial charge on any atom is 0.234 e. The SMILES string of the molecule is Cc1ccc(-n2c(SCC(=O)Nc3cccc(C)c3C)nc3ccccc32)cc1. The zero-order valence-corrected chi connectivity index (χ0v) is 17.6. The summed E-state index contributed by atoms with van der Waals surface area (Å²) in [5.41, 5.74) is 7.33. The van der Waals surface area contributed by atoms with Crippen molar-refractivity contribution in [2.24, 2.45) is 0 Å². The van der Waals surface area contributed by atoms with Gasteiger partial charge in [0.05, 0.1) is 16.8 Å². The molecule has 0 fully saturated rings. The fraction of sp³-hybridized carbons (Fsp3) is 0.167. The predicted molar refractivity (Wildman–Crippen MR) is 121 cm³/mol. The molecule has 1 heterocycles. The van der Waals surface area contributed by atoms with Gasteiger partial charge in [-0.3, -0.25) is 9.36 Å². The van der Waals surface area contributed by atoms with Gasteiger partial charge in [-0.25, -0.2) is 4.98 Å². The van der Waals surface area contributed by atoms with E-state index in [-0.39, 0.29) is 5.91 Å². The highest BCUT2D eigenvalue weighted by Crippen LogP contribution is 2.28. The number of benzene rings is 3. The number of fused-ring (bicyclic) bond motifs is 1. The van der Waals surface area contributed by atoms with Gasteiger partial charge in [-0.05, 0) is 62.2 Å². The van der Waals surface area contributed by atoms with Crippen LogP contribution in [0.15, 0.2) is 71.9 Å². The van der Waals surface area contributed by atoms with Crippen LogP contribution in [-0.2, 0) is 4.79 Å². The van der Waals surface area contributed by atoms with Gasteiger partial charge in [-0.1, -0.05) is 53.7 Å². The Bertz CT molecular complexity index is 1180. The largest absolute Gasteiger partial charge is 0.325 e. The van der Waals surface area contributed by atoms with Gasteiger partial charge in [0.1, 0.15) is 0 Å². The van der Waals surface area contributed by atoms with Crippen LogP contribution in [-0.4, -0.2) is 21.2 Å². The first-order valence-corrected chi connectivity index (χ1v) is 10.5. The summed E-state index contributed by atoms with van der Waals surface area (Å²) < 4.78 is 2.12. The van der Waals surface area contributed by atoms with E-state index >= 15 is 0 Å². The van der Waals surface area contributed by atoms with Crippen molar-refractivity contribution in [2.75, 3.05) is 11.1 Å². The third kappa shape index (κ3) is 4.05. The average molecular weight is 402 g/mol. The number of para-hydroxylation sites is 2. The quantitative estimate of drug-likeness (QED) is 0.438. The number of carbonyl (C=O) groups is 1. The van der Waals surface area contributed by atoms with Gasteiger partial charge < -0.3 is 5.32 Å². The van der Waals surface area contributed by atoms with Crippen LogP contribution < -0.4 is 5.32 Å². The minimum absolute atomic E-state index is 0.0359. The fourth-order valence-electron chi connectivity index (χ4n) is 3.25. The molecule has 0 saturated carbocycles. The summed E-state index contributed by atoms with van der Waals surface area (Å²) in [6, 6.07) is 22.3. The number of carbonyl (C=O) groups excluding carboxylic acids is 1. The molecule has 4 nitrogen and oxygen atoms in total. The Morgan fingerprint density at radius 1 is 0.966 bits per heavy atom. The van der Waals surface area contributed by atoms with Crippen molar-refractivity contribution in [3.63, 3.8) is 0 Å². The number of hydrogen-bond acceptors (Lipinski definition) is 3. The normalized spacial score (nSPS) is 11.0. The molecule has 0 radical (unpaired) electrons. The van der Waals surface area contributed by atoms with E-state index in [1.807, 2.05) is 50.2 Å². The third-order valence-electron chi connectivity index (χ3n) is 5.03. The molecule has 4 aromatic rings. The van der Waals surface area contributed by atoms with Crippen molar-refractivity contribution in [2.45, 2.75) is 25.9 Å². The minimum atomic E-state index is -0.0359. The van der Waals surface area contributed by atoms with Crippen LogP contribution in [0.3, 0.4) is 0 Å². The summed E-state index contributed by atoms with van der Waals surface area (Å²) in [5, 5.41) is 3.84. The van der Waals surface area contributed by atoms with Crippen LogP contribution in [0, 0.1) is 20.8 Å². The molecule has 1 N–H and O–H groups in total. The van der Waals surface area contributed by atoms with E-state index in [4.69, 9.17) is 4.98 Å². The second kappa shape index (κ2) is 8.13. The first-order chi connectivity index (χ1) is 14.0. The number of anilines is 1. The van der Waals surface area contributed by atoms with Gasteiger partial charge in [0, 0.05) is 11.4 Å². The van der Waals surface area contributed by atoms with Gasteiger partial charge in [0.2, 0.25) is 5.91 Å². The lowest BCUT2D eigenvalue weighted by molar-refractivity contribution is -0.113. The van der Waals surface area contributed by atoms with Crippen molar-refractivity contribution in [3.05, 3.63) is 83.4 Å². The predicted octanol–water partition coefficient (Wildman–Crippen LogP) is 5.68. The summed E-state index contributed by atoms with van der Waals surface area (Å²) in [7, 11) is 0. The summed E-state index contributed by atoms with van der Waals surface area (Å²) >= 11 is 1.45. The molecule has 1 amide bonds. The van der Waals surface area contributed by atoms with E-state index in [0.717, 1.165) is 38.7 Å². The molecular formula is C24H23N3OS. The van der Waals surface area contributed by atoms with Gasteiger partial charge in [0.25, 0.3) is 0 Å². The third-order valence-corrected chi connectivity index (χ3v) is 5.97. The highest BCUT2D eigenvalue weighted by molar-refractivity contribution is 7.99. The summed E-state index contributed by atoms with van der Waals surface area (Å²) in [6.45, 7) is 6.14. The van der Waals surface area contributed by atoms with E-state index in [2.05, 4.69) is 47.1 Å². The van der Waals surface area contributed by atoms with Crippen molar-refractivity contribution in [1.29, 1.82) is 0 Å². The molecule has 4 rings (SSSR count). The first-order valence-electron chi connectivity index (χ1n) is 9.56. The molecule has 0 aliphatic carbocycles. The van der Waals surface area contributed by atoms with Crippen LogP contribution in [0.5, 0.6) is 0 Å². The molecule has 146 valence electrons. The first kappa shape index (κ1) is 19.3. The minimum Gasteiger partial charge on any atom is -0.325 e. The number of nitrogens with zero attached hydrogens (tertiary/aromatic N) is 2. The number of amides is 1. The standard InChI is InChI=1S/C24H23N3OS/c1-16-11-13-19(14-12-16)27-22-10-5-4-8-21(22)26-24(27)29-15-23(28)25-20-9-6-7-17(2)18(20)3/h4-14H,15H2,1-3H3,(H,25,28). The highest BCUT2D eigenvalue weighted by atomic mass is 32.2. The summed E-state index contributed by atoms with van der Waals surface area (Å²) in [4.78, 5) is 17.4. The molecule has 0 saturated heterocycles. The average Bonchev–Trinajstić information content (AvgIpc) is 3.09. The highest BCUT2D eigenvalue weighted by Gasteiger charge is 2.15.